The largest absolute Gasteiger partial charge is 0.462 e. The Morgan fingerprint density at radius 2 is 2.32 bits per heavy atom. The highest BCUT2D eigenvalue weighted by atomic mass is 16.5. The molecule has 0 radical (unpaired) electrons. The van der Waals surface area contributed by atoms with Gasteiger partial charge in [-0.25, -0.2) is 0 Å². The van der Waals surface area contributed by atoms with E-state index in [1.165, 1.54) is 18.4 Å². The van der Waals surface area contributed by atoms with Gasteiger partial charge in [-0.2, -0.15) is 0 Å². The number of rotatable bonds is 5. The van der Waals surface area contributed by atoms with E-state index in [0.717, 1.165) is 31.5 Å². The van der Waals surface area contributed by atoms with E-state index >= 15 is 0 Å². The van der Waals surface area contributed by atoms with Crippen LogP contribution in [0.1, 0.15) is 63.6 Å². The van der Waals surface area contributed by atoms with Crippen LogP contribution in [-0.4, -0.2) is 16.6 Å². The molecule has 3 nitrogen and oxygen atoms in total. The van der Waals surface area contributed by atoms with E-state index in [0.29, 0.717) is 0 Å². The van der Waals surface area contributed by atoms with Crippen LogP contribution in [0.3, 0.4) is 0 Å². The third-order valence-corrected chi connectivity index (χ3v) is 3.69. The van der Waals surface area contributed by atoms with Crippen LogP contribution in [-0.2, 0) is 22.5 Å². The van der Waals surface area contributed by atoms with E-state index in [9.17, 15) is 4.79 Å². The Hall–Kier alpha value is -1.25. The fraction of sp³-hybridized carbons (Fsp3) is 0.688. The molecule has 2 heterocycles. The van der Waals surface area contributed by atoms with Crippen LogP contribution >= 0.6 is 0 Å². The molecule has 106 valence electrons. The topological polar surface area (TPSA) is 31.2 Å². The van der Waals surface area contributed by atoms with Crippen LogP contribution < -0.4 is 0 Å². The minimum absolute atomic E-state index is 0.0302. The number of ether oxygens (including phenoxy) is 1. The fourth-order valence-electron chi connectivity index (χ4n) is 2.76. The van der Waals surface area contributed by atoms with Crippen molar-refractivity contribution in [2.75, 3.05) is 0 Å². The number of carbonyl (C=O) groups excluding carboxylic acids is 1. The Morgan fingerprint density at radius 3 is 3.00 bits per heavy atom. The Morgan fingerprint density at radius 1 is 1.53 bits per heavy atom. The summed E-state index contributed by atoms with van der Waals surface area (Å²) in [5.41, 5.74) is 2.52. The lowest BCUT2D eigenvalue weighted by Crippen LogP contribution is -2.25. The van der Waals surface area contributed by atoms with Crippen molar-refractivity contribution in [3.8, 4) is 0 Å². The first-order valence-corrected chi connectivity index (χ1v) is 7.51. The molecule has 0 saturated heterocycles. The number of unbranched alkanes of at least 4 members (excludes halogenated alkanes) is 1. The summed E-state index contributed by atoms with van der Waals surface area (Å²) in [5, 5.41) is 0. The molecule has 0 aliphatic carbocycles. The predicted molar refractivity (Wildman–Crippen MR) is 76.2 cm³/mol. The molecule has 1 aromatic rings. The zero-order chi connectivity index (χ0) is 13.8. The smallest absolute Gasteiger partial charge is 0.315 e. The molecule has 0 aromatic carbocycles. The number of aryl methyl sites for hydroxylation is 2. The maximum atomic E-state index is 12.2. The summed E-state index contributed by atoms with van der Waals surface area (Å²) in [4.78, 5) is 12.2. The molecule has 0 spiro atoms. The lowest BCUT2D eigenvalue weighted by molar-refractivity contribution is -0.149. The second kappa shape index (κ2) is 6.27. The van der Waals surface area contributed by atoms with Gasteiger partial charge in [-0.1, -0.05) is 13.3 Å². The van der Waals surface area contributed by atoms with Gasteiger partial charge in [0.15, 0.2) is 0 Å². The van der Waals surface area contributed by atoms with Gasteiger partial charge in [-0.3, -0.25) is 4.79 Å². The second-order valence-electron chi connectivity index (χ2n) is 5.75. The van der Waals surface area contributed by atoms with E-state index < -0.39 is 0 Å². The summed E-state index contributed by atoms with van der Waals surface area (Å²) in [6.07, 6.45) is 7.71. The molecule has 1 unspecified atom stereocenters. The van der Waals surface area contributed by atoms with Gasteiger partial charge in [0.25, 0.3) is 0 Å². The molecule has 1 aromatic heterocycles. The average Bonchev–Trinajstić information content (AvgIpc) is 2.77. The molecule has 2 rings (SSSR count). The van der Waals surface area contributed by atoms with Crippen molar-refractivity contribution in [1.29, 1.82) is 0 Å². The van der Waals surface area contributed by atoms with Crippen LogP contribution in [0.15, 0.2) is 12.3 Å². The van der Waals surface area contributed by atoms with Gasteiger partial charge in [0, 0.05) is 18.4 Å². The molecule has 3 heteroatoms. The van der Waals surface area contributed by atoms with Crippen LogP contribution in [0.4, 0.5) is 0 Å². The highest BCUT2D eigenvalue weighted by Crippen LogP contribution is 2.30. The zero-order valence-electron chi connectivity index (χ0n) is 12.3. The first-order valence-electron chi connectivity index (χ1n) is 7.51. The zero-order valence-corrected chi connectivity index (χ0v) is 12.3. The van der Waals surface area contributed by atoms with Crippen LogP contribution in [0, 0.1) is 0 Å². The van der Waals surface area contributed by atoms with Crippen molar-refractivity contribution in [1.82, 2.24) is 4.57 Å². The summed E-state index contributed by atoms with van der Waals surface area (Å²) >= 11 is 0. The maximum absolute atomic E-state index is 12.2. The molecule has 19 heavy (non-hydrogen) atoms. The van der Waals surface area contributed by atoms with E-state index in [2.05, 4.69) is 23.8 Å². The van der Waals surface area contributed by atoms with E-state index in [1.807, 2.05) is 13.8 Å². The van der Waals surface area contributed by atoms with E-state index in [-0.39, 0.29) is 18.0 Å². The first kappa shape index (κ1) is 14.2. The molecule has 1 aliphatic heterocycles. The quantitative estimate of drug-likeness (QED) is 0.759. The van der Waals surface area contributed by atoms with Crippen LogP contribution in [0.25, 0.3) is 0 Å². The third kappa shape index (κ3) is 3.40. The first-order chi connectivity index (χ1) is 9.11. The van der Waals surface area contributed by atoms with Gasteiger partial charge in [0.05, 0.1) is 12.0 Å². The van der Waals surface area contributed by atoms with Crippen molar-refractivity contribution in [2.45, 2.75) is 71.4 Å². The third-order valence-electron chi connectivity index (χ3n) is 3.69. The number of carbonyl (C=O) groups is 1. The summed E-state index contributed by atoms with van der Waals surface area (Å²) in [5.74, 6) is -0.123. The van der Waals surface area contributed by atoms with Crippen molar-refractivity contribution >= 4 is 5.97 Å². The van der Waals surface area contributed by atoms with Gasteiger partial charge in [0.2, 0.25) is 0 Å². The predicted octanol–water partition coefficient (Wildman–Crippen LogP) is 3.66. The van der Waals surface area contributed by atoms with Gasteiger partial charge in [0.1, 0.15) is 0 Å². The molecule has 0 saturated carbocycles. The minimum Gasteiger partial charge on any atom is -0.462 e. The average molecular weight is 263 g/mol. The summed E-state index contributed by atoms with van der Waals surface area (Å²) in [7, 11) is 0. The number of hydrogen-bond acceptors (Lipinski definition) is 2. The van der Waals surface area contributed by atoms with Crippen molar-refractivity contribution in [2.24, 2.45) is 0 Å². The van der Waals surface area contributed by atoms with Crippen LogP contribution in [0.2, 0.25) is 0 Å². The molecule has 0 bridgehead atoms. The SMILES string of the molecule is CCCCc1cc2n(c1)CCCC2C(=O)OC(C)C. The molecule has 0 N–H and O–H groups in total. The van der Waals surface area contributed by atoms with Gasteiger partial charge < -0.3 is 9.30 Å². The normalized spacial score (nSPS) is 18.4. The van der Waals surface area contributed by atoms with Gasteiger partial charge in [-0.05, 0) is 51.2 Å². The standard InChI is InChI=1S/C16H25NO2/c1-4-5-7-13-10-15-14(16(18)19-12(2)3)8-6-9-17(15)11-13/h10-12,14H,4-9H2,1-3H3. The van der Waals surface area contributed by atoms with Crippen molar-refractivity contribution < 1.29 is 9.53 Å². The number of esters is 1. The summed E-state index contributed by atoms with van der Waals surface area (Å²) in [6.45, 7) is 7.06. The highest BCUT2D eigenvalue weighted by Gasteiger charge is 2.29. The number of nitrogens with zero attached hydrogens (tertiary/aromatic N) is 1. The summed E-state index contributed by atoms with van der Waals surface area (Å²) < 4.78 is 7.64. The number of hydrogen-bond donors (Lipinski definition) is 0. The Bertz CT molecular complexity index is 434. The van der Waals surface area contributed by atoms with Gasteiger partial charge >= 0.3 is 5.97 Å². The summed E-state index contributed by atoms with van der Waals surface area (Å²) in [6, 6.07) is 2.21. The number of aromatic nitrogens is 1. The molecule has 1 aliphatic rings. The van der Waals surface area contributed by atoms with Gasteiger partial charge in [-0.15, -0.1) is 0 Å². The monoisotopic (exact) mass is 263 g/mol. The molecular weight excluding hydrogens is 238 g/mol. The molecule has 0 fully saturated rings. The maximum Gasteiger partial charge on any atom is 0.315 e. The Balaban J connectivity index is 2.14. The lowest BCUT2D eigenvalue weighted by Gasteiger charge is -2.24. The molecular formula is C16H25NO2. The van der Waals surface area contributed by atoms with Crippen molar-refractivity contribution in [3.63, 3.8) is 0 Å². The van der Waals surface area contributed by atoms with Crippen molar-refractivity contribution in [3.05, 3.63) is 23.5 Å². The minimum atomic E-state index is -0.0634. The number of fused-ring (bicyclic) bond motifs is 1. The molecule has 1 atom stereocenters. The van der Waals surface area contributed by atoms with Crippen LogP contribution in [0.5, 0.6) is 0 Å². The lowest BCUT2D eigenvalue weighted by atomic mass is 9.96. The molecule has 0 amide bonds. The fourth-order valence-corrected chi connectivity index (χ4v) is 2.76. The Labute approximate surface area is 115 Å². The highest BCUT2D eigenvalue weighted by molar-refractivity contribution is 5.78. The second-order valence-corrected chi connectivity index (χ2v) is 5.75. The Kier molecular flexibility index (Phi) is 4.67. The van der Waals surface area contributed by atoms with E-state index in [4.69, 9.17) is 4.74 Å². The van der Waals surface area contributed by atoms with E-state index in [1.54, 1.807) is 0 Å².